The molecule has 8 heteroatoms. The molecule has 32 heavy (non-hydrogen) atoms. The first-order chi connectivity index (χ1) is 15.8. The van der Waals surface area contributed by atoms with Gasteiger partial charge in [0, 0.05) is 36.9 Å². The maximum atomic E-state index is 6.09. The zero-order valence-corrected chi connectivity index (χ0v) is 18.6. The molecule has 0 amide bonds. The van der Waals surface area contributed by atoms with Crippen LogP contribution in [0.2, 0.25) is 0 Å². The molecule has 0 saturated heterocycles. The summed E-state index contributed by atoms with van der Waals surface area (Å²) in [7, 11) is 0. The van der Waals surface area contributed by atoms with E-state index in [0.717, 1.165) is 61.4 Å². The van der Waals surface area contributed by atoms with E-state index in [1.807, 2.05) is 24.5 Å². The molecule has 3 aromatic rings. The van der Waals surface area contributed by atoms with Crippen molar-refractivity contribution in [1.29, 1.82) is 0 Å². The third kappa shape index (κ3) is 4.80. The van der Waals surface area contributed by atoms with Gasteiger partial charge in [-0.05, 0) is 50.7 Å². The lowest BCUT2D eigenvalue weighted by atomic mass is 9.92. The number of nitrogens with zero attached hydrogens (tertiary/aromatic N) is 4. The van der Waals surface area contributed by atoms with Crippen LogP contribution in [0.15, 0.2) is 36.7 Å². The summed E-state index contributed by atoms with van der Waals surface area (Å²) >= 11 is 0. The molecule has 5 rings (SSSR count). The van der Waals surface area contributed by atoms with Crippen LogP contribution in [-0.4, -0.2) is 44.7 Å². The molecule has 0 spiro atoms. The number of imidazole rings is 1. The average Bonchev–Trinajstić information content (AvgIpc) is 3.49. The summed E-state index contributed by atoms with van der Waals surface area (Å²) in [6.07, 6.45) is 11.1. The Kier molecular flexibility index (Phi) is 6.39. The molecule has 170 valence electrons. The van der Waals surface area contributed by atoms with Gasteiger partial charge in [0.05, 0.1) is 6.33 Å². The first kappa shape index (κ1) is 21.0. The van der Waals surface area contributed by atoms with Gasteiger partial charge in [0.15, 0.2) is 17.0 Å². The average molecular weight is 435 g/mol. The van der Waals surface area contributed by atoms with E-state index >= 15 is 0 Å². The number of para-hydroxylation sites is 1. The van der Waals surface area contributed by atoms with Crippen molar-refractivity contribution in [2.45, 2.75) is 69.5 Å². The monoisotopic (exact) mass is 434 g/mol. The summed E-state index contributed by atoms with van der Waals surface area (Å²) in [6, 6.07) is 11.4. The van der Waals surface area contributed by atoms with E-state index in [4.69, 9.17) is 20.7 Å². The summed E-state index contributed by atoms with van der Waals surface area (Å²) in [6.45, 7) is 1.54. The largest absolute Gasteiger partial charge is 0.383 e. The lowest BCUT2D eigenvalue weighted by molar-refractivity contribution is 0.410. The number of nitrogens with one attached hydrogen (secondary N) is 3. The van der Waals surface area contributed by atoms with E-state index in [0.29, 0.717) is 24.1 Å². The molecule has 2 aliphatic rings. The molecule has 0 radical (unpaired) electrons. The van der Waals surface area contributed by atoms with E-state index in [1.165, 1.54) is 25.7 Å². The van der Waals surface area contributed by atoms with E-state index in [-0.39, 0.29) is 0 Å². The molecule has 2 aliphatic carbocycles. The van der Waals surface area contributed by atoms with Gasteiger partial charge >= 0.3 is 0 Å². The number of hydrogen-bond acceptors (Lipinski definition) is 7. The minimum Gasteiger partial charge on any atom is -0.383 e. The molecule has 0 atom stereocenters. The summed E-state index contributed by atoms with van der Waals surface area (Å²) in [5, 5.41) is 10.5. The topological polar surface area (TPSA) is 106 Å². The van der Waals surface area contributed by atoms with E-state index < -0.39 is 0 Å². The predicted molar refractivity (Wildman–Crippen MR) is 130 cm³/mol. The van der Waals surface area contributed by atoms with Gasteiger partial charge in [-0.1, -0.05) is 31.0 Å². The molecule has 1 aromatic carbocycles. The minimum absolute atomic E-state index is 0.328. The SMILES string of the molecule is NC1CCC(Nc2nc(NCCNc3ccccc3)c3ncn(C4CCCC4)c3n2)CC1. The summed E-state index contributed by atoms with van der Waals surface area (Å²) < 4.78 is 2.26. The fourth-order valence-corrected chi connectivity index (χ4v) is 4.94. The number of nitrogens with two attached hydrogens (primary N) is 1. The van der Waals surface area contributed by atoms with Gasteiger partial charge in [-0.25, -0.2) is 4.98 Å². The molecule has 0 unspecified atom stereocenters. The number of rotatable bonds is 8. The fraction of sp³-hybridized carbons (Fsp3) is 0.542. The lowest BCUT2D eigenvalue weighted by Crippen LogP contribution is -2.33. The molecule has 2 heterocycles. The molecule has 2 aromatic heterocycles. The Hall–Kier alpha value is -2.87. The normalized spacial score (nSPS) is 21.7. The molecular weight excluding hydrogens is 400 g/mol. The van der Waals surface area contributed by atoms with Crippen molar-refractivity contribution < 1.29 is 0 Å². The third-order valence-corrected chi connectivity index (χ3v) is 6.76. The van der Waals surface area contributed by atoms with Crippen molar-refractivity contribution in [1.82, 2.24) is 19.5 Å². The number of anilines is 3. The summed E-state index contributed by atoms with van der Waals surface area (Å²) in [5.41, 5.74) is 8.99. The summed E-state index contributed by atoms with van der Waals surface area (Å²) in [5.74, 6) is 1.49. The quantitative estimate of drug-likeness (QED) is 0.395. The second-order valence-corrected chi connectivity index (χ2v) is 9.13. The van der Waals surface area contributed by atoms with Gasteiger partial charge in [0.25, 0.3) is 0 Å². The minimum atomic E-state index is 0.328. The van der Waals surface area contributed by atoms with E-state index in [2.05, 4.69) is 32.7 Å². The van der Waals surface area contributed by atoms with Gasteiger partial charge in [-0.2, -0.15) is 9.97 Å². The Morgan fingerprint density at radius 2 is 1.66 bits per heavy atom. The maximum absolute atomic E-state index is 6.09. The van der Waals surface area contributed by atoms with Crippen molar-refractivity contribution in [3.05, 3.63) is 36.7 Å². The van der Waals surface area contributed by atoms with E-state index in [1.54, 1.807) is 0 Å². The molecule has 2 saturated carbocycles. The number of aromatic nitrogens is 4. The van der Waals surface area contributed by atoms with Crippen LogP contribution in [0.3, 0.4) is 0 Å². The second kappa shape index (κ2) is 9.73. The molecule has 0 aliphatic heterocycles. The number of fused-ring (bicyclic) bond motifs is 1. The highest BCUT2D eigenvalue weighted by molar-refractivity contribution is 5.84. The van der Waals surface area contributed by atoms with Crippen molar-refractivity contribution in [2.75, 3.05) is 29.0 Å². The van der Waals surface area contributed by atoms with Crippen LogP contribution in [-0.2, 0) is 0 Å². The Morgan fingerprint density at radius 3 is 2.44 bits per heavy atom. The highest BCUT2D eigenvalue weighted by Crippen LogP contribution is 2.33. The zero-order chi connectivity index (χ0) is 21.8. The Balaban J connectivity index is 1.34. The van der Waals surface area contributed by atoms with E-state index in [9.17, 15) is 0 Å². The van der Waals surface area contributed by atoms with Crippen LogP contribution in [0.25, 0.3) is 11.2 Å². The van der Waals surface area contributed by atoms with Crippen molar-refractivity contribution in [3.63, 3.8) is 0 Å². The lowest BCUT2D eigenvalue weighted by Gasteiger charge is -2.27. The van der Waals surface area contributed by atoms with Crippen LogP contribution in [0.4, 0.5) is 17.5 Å². The Morgan fingerprint density at radius 1 is 0.906 bits per heavy atom. The summed E-state index contributed by atoms with van der Waals surface area (Å²) in [4.78, 5) is 14.5. The van der Waals surface area contributed by atoms with Crippen LogP contribution in [0, 0.1) is 0 Å². The number of benzene rings is 1. The van der Waals surface area contributed by atoms with Crippen molar-refractivity contribution in [3.8, 4) is 0 Å². The van der Waals surface area contributed by atoms with Gasteiger partial charge in [-0.3, -0.25) is 0 Å². The molecule has 5 N–H and O–H groups in total. The highest BCUT2D eigenvalue weighted by atomic mass is 15.2. The first-order valence-corrected chi connectivity index (χ1v) is 12.1. The molecule has 8 nitrogen and oxygen atoms in total. The Labute approximate surface area is 189 Å². The predicted octanol–water partition coefficient (Wildman–Crippen LogP) is 4.15. The molecular formula is C24H34N8. The van der Waals surface area contributed by atoms with Crippen LogP contribution >= 0.6 is 0 Å². The second-order valence-electron chi connectivity index (χ2n) is 9.13. The van der Waals surface area contributed by atoms with Gasteiger partial charge < -0.3 is 26.3 Å². The Bertz CT molecular complexity index is 1000. The van der Waals surface area contributed by atoms with Crippen molar-refractivity contribution in [2.24, 2.45) is 5.73 Å². The molecule has 0 bridgehead atoms. The number of hydrogen-bond donors (Lipinski definition) is 4. The van der Waals surface area contributed by atoms with Crippen LogP contribution in [0.5, 0.6) is 0 Å². The standard InChI is InChI=1S/C24H34N8/c25-17-10-12-19(13-11-17)29-24-30-22(27-15-14-26-18-6-2-1-3-7-18)21-23(31-24)32(16-28-21)20-8-4-5-9-20/h1-3,6-7,16-17,19-20,26H,4-5,8-15,25H2,(H2,27,29,30,31). The van der Waals surface area contributed by atoms with Gasteiger partial charge in [-0.15, -0.1) is 0 Å². The third-order valence-electron chi connectivity index (χ3n) is 6.76. The van der Waals surface area contributed by atoms with Crippen LogP contribution in [0.1, 0.15) is 57.4 Å². The maximum Gasteiger partial charge on any atom is 0.227 e. The smallest absolute Gasteiger partial charge is 0.227 e. The van der Waals surface area contributed by atoms with Crippen LogP contribution < -0.4 is 21.7 Å². The van der Waals surface area contributed by atoms with Crippen molar-refractivity contribution >= 4 is 28.6 Å². The van der Waals surface area contributed by atoms with Gasteiger partial charge in [0.2, 0.25) is 5.95 Å². The fourth-order valence-electron chi connectivity index (χ4n) is 4.94. The zero-order valence-electron chi connectivity index (χ0n) is 18.6. The van der Waals surface area contributed by atoms with Gasteiger partial charge in [0.1, 0.15) is 0 Å². The molecule has 2 fully saturated rings. The first-order valence-electron chi connectivity index (χ1n) is 12.1. The highest BCUT2D eigenvalue weighted by Gasteiger charge is 2.23.